The predicted molar refractivity (Wildman–Crippen MR) is 115 cm³/mol. The highest BCUT2D eigenvalue weighted by molar-refractivity contribution is 7.21. The molecule has 3 rings (SSSR count). The van der Waals surface area contributed by atoms with Gasteiger partial charge in [-0.25, -0.2) is 4.79 Å². The summed E-state index contributed by atoms with van der Waals surface area (Å²) in [6.45, 7) is -0.166. The van der Waals surface area contributed by atoms with Crippen molar-refractivity contribution in [1.82, 2.24) is 5.32 Å². The number of fused-ring (bicyclic) bond motifs is 1. The van der Waals surface area contributed by atoms with Gasteiger partial charge in [0.25, 0.3) is 5.91 Å². The van der Waals surface area contributed by atoms with Gasteiger partial charge in [0.1, 0.15) is 10.6 Å². The zero-order valence-corrected chi connectivity index (χ0v) is 18.2. The first-order valence-electron chi connectivity index (χ1n) is 8.87. The molecule has 0 bridgehead atoms. The van der Waals surface area contributed by atoms with Crippen molar-refractivity contribution in [3.05, 3.63) is 51.9 Å². The Morgan fingerprint density at radius 1 is 1.00 bits per heavy atom. The van der Waals surface area contributed by atoms with Crippen molar-refractivity contribution in [3.8, 4) is 17.2 Å². The van der Waals surface area contributed by atoms with Gasteiger partial charge in [-0.05, 0) is 35.9 Å². The van der Waals surface area contributed by atoms with Gasteiger partial charge in [-0.2, -0.15) is 0 Å². The lowest BCUT2D eigenvalue weighted by molar-refractivity contribution is -0.124. The summed E-state index contributed by atoms with van der Waals surface area (Å²) < 4.78 is 21.5. The van der Waals surface area contributed by atoms with Crippen LogP contribution in [-0.2, 0) is 16.1 Å². The number of hydrogen-bond acceptors (Lipinski definition) is 7. The van der Waals surface area contributed by atoms with E-state index in [4.69, 9.17) is 30.5 Å². The molecule has 0 aliphatic carbocycles. The van der Waals surface area contributed by atoms with Crippen molar-refractivity contribution in [2.45, 2.75) is 6.54 Å². The van der Waals surface area contributed by atoms with Crippen LogP contribution in [0.15, 0.2) is 36.4 Å². The van der Waals surface area contributed by atoms with Crippen molar-refractivity contribution >= 4 is 44.9 Å². The Morgan fingerprint density at radius 3 is 2.47 bits per heavy atom. The third-order valence-corrected chi connectivity index (χ3v) is 5.93. The standard InChI is InChI=1S/C21H20ClNO6S/c1-26-13-5-6-14-17(9-13)30-20(19(14)22)21(25)29-11-18(24)23-10-12-4-7-15(27-2)16(8-12)28-3/h4-9H,10-11H2,1-3H3,(H,23,24). The molecule has 0 saturated carbocycles. The first kappa shape index (κ1) is 21.7. The van der Waals surface area contributed by atoms with Crippen molar-refractivity contribution in [2.24, 2.45) is 0 Å². The van der Waals surface area contributed by atoms with E-state index in [1.54, 1.807) is 50.6 Å². The van der Waals surface area contributed by atoms with Gasteiger partial charge >= 0.3 is 5.97 Å². The van der Waals surface area contributed by atoms with Gasteiger partial charge in [-0.3, -0.25) is 4.79 Å². The van der Waals surface area contributed by atoms with E-state index >= 15 is 0 Å². The maximum Gasteiger partial charge on any atom is 0.350 e. The molecule has 1 heterocycles. The van der Waals surface area contributed by atoms with Crippen molar-refractivity contribution in [1.29, 1.82) is 0 Å². The van der Waals surface area contributed by atoms with Crippen LogP contribution in [-0.4, -0.2) is 39.8 Å². The highest BCUT2D eigenvalue weighted by atomic mass is 35.5. The van der Waals surface area contributed by atoms with E-state index in [1.807, 2.05) is 0 Å². The number of amides is 1. The van der Waals surface area contributed by atoms with Gasteiger partial charge in [0.05, 0.1) is 26.4 Å². The monoisotopic (exact) mass is 449 g/mol. The molecular formula is C21H20ClNO6S. The highest BCUT2D eigenvalue weighted by Gasteiger charge is 2.20. The summed E-state index contributed by atoms with van der Waals surface area (Å²) in [5.41, 5.74) is 0.814. The quantitative estimate of drug-likeness (QED) is 0.522. The summed E-state index contributed by atoms with van der Waals surface area (Å²) in [7, 11) is 4.65. The van der Waals surface area contributed by atoms with Crippen LogP contribution in [0.2, 0.25) is 5.02 Å². The van der Waals surface area contributed by atoms with Gasteiger partial charge in [0.15, 0.2) is 18.1 Å². The van der Waals surface area contributed by atoms with Gasteiger partial charge < -0.3 is 24.3 Å². The van der Waals surface area contributed by atoms with E-state index in [9.17, 15) is 9.59 Å². The molecule has 30 heavy (non-hydrogen) atoms. The second kappa shape index (κ2) is 9.69. The molecule has 0 aliphatic rings. The van der Waals surface area contributed by atoms with E-state index in [0.29, 0.717) is 22.3 Å². The Kier molecular flexibility index (Phi) is 7.02. The molecule has 0 radical (unpaired) electrons. The topological polar surface area (TPSA) is 83.1 Å². The average molecular weight is 450 g/mol. The normalized spacial score (nSPS) is 10.5. The maximum absolute atomic E-state index is 12.4. The highest BCUT2D eigenvalue weighted by Crippen LogP contribution is 2.37. The van der Waals surface area contributed by atoms with Crippen LogP contribution < -0.4 is 19.5 Å². The second-order valence-electron chi connectivity index (χ2n) is 6.15. The lowest BCUT2D eigenvalue weighted by atomic mass is 10.2. The van der Waals surface area contributed by atoms with Crippen LogP contribution in [0.25, 0.3) is 10.1 Å². The average Bonchev–Trinajstić information content (AvgIpc) is 3.11. The molecule has 0 saturated heterocycles. The SMILES string of the molecule is COc1ccc2c(Cl)c(C(=O)OCC(=O)NCc3ccc(OC)c(OC)c3)sc2c1. The molecule has 0 spiro atoms. The lowest BCUT2D eigenvalue weighted by Gasteiger charge is -2.10. The van der Waals surface area contributed by atoms with Crippen LogP contribution in [0, 0.1) is 0 Å². The van der Waals surface area contributed by atoms with Gasteiger partial charge in [0, 0.05) is 16.6 Å². The maximum atomic E-state index is 12.4. The molecular weight excluding hydrogens is 430 g/mol. The van der Waals surface area contributed by atoms with Crippen LogP contribution in [0.1, 0.15) is 15.2 Å². The first-order chi connectivity index (χ1) is 14.5. The number of esters is 1. The smallest absolute Gasteiger partial charge is 0.350 e. The molecule has 1 aromatic heterocycles. The Labute approximate surface area is 182 Å². The predicted octanol–water partition coefficient (Wildman–Crippen LogP) is 4.05. The summed E-state index contributed by atoms with van der Waals surface area (Å²) in [4.78, 5) is 24.7. The fourth-order valence-electron chi connectivity index (χ4n) is 2.74. The van der Waals surface area contributed by atoms with Crippen LogP contribution in [0.3, 0.4) is 0 Å². The summed E-state index contributed by atoms with van der Waals surface area (Å²) in [6.07, 6.45) is 0. The number of carbonyl (C=O) groups is 2. The third-order valence-electron chi connectivity index (χ3n) is 4.29. The number of halogens is 1. The fraction of sp³-hybridized carbons (Fsp3) is 0.238. The lowest BCUT2D eigenvalue weighted by Crippen LogP contribution is -2.28. The van der Waals surface area contributed by atoms with Gasteiger partial charge in [0.2, 0.25) is 0 Å². The van der Waals surface area contributed by atoms with E-state index in [-0.39, 0.29) is 11.4 Å². The van der Waals surface area contributed by atoms with Crippen molar-refractivity contribution < 1.29 is 28.5 Å². The second-order valence-corrected chi connectivity index (χ2v) is 7.58. The first-order valence-corrected chi connectivity index (χ1v) is 10.1. The summed E-state index contributed by atoms with van der Waals surface area (Å²) >= 11 is 7.49. The van der Waals surface area contributed by atoms with E-state index in [0.717, 1.165) is 15.6 Å². The summed E-state index contributed by atoms with van der Waals surface area (Å²) in [6, 6.07) is 10.6. The third kappa shape index (κ3) is 4.77. The largest absolute Gasteiger partial charge is 0.497 e. The Bertz CT molecular complexity index is 1080. The minimum absolute atomic E-state index is 0.243. The van der Waals surface area contributed by atoms with Gasteiger partial charge in [-0.1, -0.05) is 17.7 Å². The summed E-state index contributed by atoms with van der Waals surface area (Å²) in [5.74, 6) is 0.736. The number of nitrogens with one attached hydrogen (secondary N) is 1. The zero-order valence-electron chi connectivity index (χ0n) is 16.6. The number of rotatable bonds is 8. The molecule has 0 aliphatic heterocycles. The summed E-state index contributed by atoms with van der Waals surface area (Å²) in [5, 5.41) is 3.72. The molecule has 2 aromatic carbocycles. The Morgan fingerprint density at radius 2 is 1.77 bits per heavy atom. The van der Waals surface area contributed by atoms with E-state index in [1.165, 1.54) is 18.4 Å². The molecule has 0 fully saturated rings. The van der Waals surface area contributed by atoms with Crippen molar-refractivity contribution in [2.75, 3.05) is 27.9 Å². The number of methoxy groups -OCH3 is 3. The van der Waals surface area contributed by atoms with Crippen LogP contribution >= 0.6 is 22.9 Å². The number of benzene rings is 2. The molecule has 3 aromatic rings. The molecule has 9 heteroatoms. The van der Waals surface area contributed by atoms with E-state index < -0.39 is 18.5 Å². The molecule has 158 valence electrons. The molecule has 0 atom stereocenters. The number of hydrogen-bond donors (Lipinski definition) is 1. The molecule has 0 unspecified atom stereocenters. The minimum Gasteiger partial charge on any atom is -0.497 e. The Hall–Kier alpha value is -2.97. The molecule has 7 nitrogen and oxygen atoms in total. The van der Waals surface area contributed by atoms with Crippen LogP contribution in [0.5, 0.6) is 17.2 Å². The van der Waals surface area contributed by atoms with Crippen LogP contribution in [0.4, 0.5) is 0 Å². The molecule has 1 N–H and O–H groups in total. The number of thiophene rings is 1. The van der Waals surface area contributed by atoms with Crippen molar-refractivity contribution in [3.63, 3.8) is 0 Å². The number of carbonyl (C=O) groups excluding carboxylic acids is 2. The number of ether oxygens (including phenoxy) is 4. The van der Waals surface area contributed by atoms with E-state index in [2.05, 4.69) is 5.32 Å². The Balaban J connectivity index is 1.58. The fourth-order valence-corrected chi connectivity index (χ4v) is 4.17. The zero-order chi connectivity index (χ0) is 21.7. The minimum atomic E-state index is -0.651. The molecule has 1 amide bonds. The van der Waals surface area contributed by atoms with Gasteiger partial charge in [-0.15, -0.1) is 11.3 Å².